The zero-order valence-electron chi connectivity index (χ0n) is 21.8. The summed E-state index contributed by atoms with van der Waals surface area (Å²) in [5.74, 6) is -0.607. The number of hydrogen-bond donors (Lipinski definition) is 2. The van der Waals surface area contributed by atoms with Gasteiger partial charge in [-0.05, 0) is 52.2 Å². The molecule has 190 valence electrons. The Morgan fingerprint density at radius 3 is 2.17 bits per heavy atom. The fourth-order valence-electron chi connectivity index (χ4n) is 3.81. The molecule has 1 unspecified atom stereocenters. The maximum Gasteiger partial charge on any atom is 0.408 e. The second kappa shape index (κ2) is 12.9. The third-order valence-electron chi connectivity index (χ3n) is 5.29. The molecule has 0 aliphatic rings. The van der Waals surface area contributed by atoms with Gasteiger partial charge in [0.15, 0.2) is 0 Å². The van der Waals surface area contributed by atoms with Gasteiger partial charge in [0.2, 0.25) is 11.8 Å². The Morgan fingerprint density at radius 2 is 1.60 bits per heavy atom. The van der Waals surface area contributed by atoms with Gasteiger partial charge in [-0.1, -0.05) is 73.0 Å². The topological polar surface area (TPSA) is 87.7 Å². The van der Waals surface area contributed by atoms with Crippen LogP contribution in [-0.2, 0) is 20.9 Å². The van der Waals surface area contributed by atoms with Crippen LogP contribution >= 0.6 is 0 Å². The van der Waals surface area contributed by atoms with E-state index in [1.54, 1.807) is 25.7 Å². The Morgan fingerprint density at radius 1 is 0.971 bits per heavy atom. The van der Waals surface area contributed by atoms with Crippen LogP contribution < -0.4 is 10.6 Å². The first-order valence-electron chi connectivity index (χ1n) is 12.2. The summed E-state index contributed by atoms with van der Waals surface area (Å²) in [6.07, 6.45) is 0.915. The van der Waals surface area contributed by atoms with E-state index in [4.69, 9.17) is 4.74 Å². The van der Waals surface area contributed by atoms with Crippen molar-refractivity contribution >= 4 is 17.9 Å². The normalized spacial score (nSPS) is 11.9. The number of aryl methyl sites for hydroxylation is 2. The lowest BCUT2D eigenvalue weighted by Gasteiger charge is -2.32. The summed E-state index contributed by atoms with van der Waals surface area (Å²) in [5.41, 5.74) is 3.06. The number of rotatable bonds is 10. The zero-order chi connectivity index (χ0) is 26.0. The molecule has 0 heterocycles. The molecular weight excluding hydrogens is 442 g/mol. The molecule has 2 rings (SSSR count). The molecule has 0 aromatic heterocycles. The first kappa shape index (κ1) is 27.9. The van der Waals surface area contributed by atoms with Crippen molar-refractivity contribution in [2.45, 2.75) is 72.6 Å². The monoisotopic (exact) mass is 481 g/mol. The highest BCUT2D eigenvalue weighted by molar-refractivity contribution is 5.90. The summed E-state index contributed by atoms with van der Waals surface area (Å²) in [6, 6.07) is 14.7. The highest BCUT2D eigenvalue weighted by Gasteiger charge is 2.31. The molecule has 0 bridgehead atoms. The number of unbranched alkanes of at least 4 members (excludes halogenated alkanes) is 1. The molecule has 7 heteroatoms. The molecule has 0 saturated heterocycles. The van der Waals surface area contributed by atoms with Crippen LogP contribution in [0.1, 0.15) is 68.8 Å². The van der Waals surface area contributed by atoms with Crippen molar-refractivity contribution in [1.29, 1.82) is 0 Å². The largest absolute Gasteiger partial charge is 0.444 e. The number of hydrogen-bond acceptors (Lipinski definition) is 4. The second-order valence-corrected chi connectivity index (χ2v) is 9.82. The van der Waals surface area contributed by atoms with Crippen LogP contribution in [0.2, 0.25) is 0 Å². The molecular formula is C28H39N3O4. The van der Waals surface area contributed by atoms with Crippen LogP contribution in [0.4, 0.5) is 4.79 Å². The first-order chi connectivity index (χ1) is 16.5. The van der Waals surface area contributed by atoms with Crippen molar-refractivity contribution in [3.8, 4) is 0 Å². The molecule has 7 nitrogen and oxygen atoms in total. The average Bonchev–Trinajstić information content (AvgIpc) is 2.77. The molecule has 2 aromatic carbocycles. The highest BCUT2D eigenvalue weighted by Crippen LogP contribution is 2.25. The van der Waals surface area contributed by atoms with Gasteiger partial charge in [0.25, 0.3) is 0 Å². The smallest absolute Gasteiger partial charge is 0.408 e. The van der Waals surface area contributed by atoms with E-state index >= 15 is 0 Å². The van der Waals surface area contributed by atoms with E-state index in [1.165, 1.54) is 0 Å². The SMILES string of the molecule is CCCCN(C(=O)CNC(=O)OC(C)(C)C)C(C(=O)NCc1ccccc1)c1cc(C)cc(C)c1. The van der Waals surface area contributed by atoms with Gasteiger partial charge in [-0.2, -0.15) is 0 Å². The van der Waals surface area contributed by atoms with E-state index in [-0.39, 0.29) is 18.4 Å². The van der Waals surface area contributed by atoms with Gasteiger partial charge < -0.3 is 20.3 Å². The van der Waals surface area contributed by atoms with Crippen LogP contribution in [0.3, 0.4) is 0 Å². The van der Waals surface area contributed by atoms with Crippen molar-refractivity contribution in [3.63, 3.8) is 0 Å². The van der Waals surface area contributed by atoms with Gasteiger partial charge in [-0.3, -0.25) is 9.59 Å². The summed E-state index contributed by atoms with van der Waals surface area (Å²) in [6.45, 7) is 11.7. The molecule has 2 N–H and O–H groups in total. The standard InChI is InChI=1S/C28H39N3O4/c1-7-8-14-31(24(32)19-30-27(34)35-28(4,5)6)25(23-16-20(2)15-21(3)17-23)26(33)29-18-22-12-10-9-11-13-22/h9-13,15-17,25H,7-8,14,18-19H2,1-6H3,(H,29,33)(H,30,34). The molecule has 0 saturated carbocycles. The average molecular weight is 482 g/mol. The van der Waals surface area contributed by atoms with Crippen molar-refractivity contribution in [1.82, 2.24) is 15.5 Å². The molecule has 35 heavy (non-hydrogen) atoms. The number of alkyl carbamates (subject to hydrolysis) is 1. The molecule has 0 aliphatic carbocycles. The minimum absolute atomic E-state index is 0.258. The van der Waals surface area contributed by atoms with Crippen LogP contribution in [0.5, 0.6) is 0 Å². The van der Waals surface area contributed by atoms with E-state index in [0.29, 0.717) is 13.1 Å². The molecule has 0 fully saturated rings. The summed E-state index contributed by atoms with van der Waals surface area (Å²) in [4.78, 5) is 40.6. The minimum Gasteiger partial charge on any atom is -0.444 e. The number of ether oxygens (including phenoxy) is 1. The van der Waals surface area contributed by atoms with E-state index in [1.807, 2.05) is 69.3 Å². The van der Waals surface area contributed by atoms with Gasteiger partial charge in [0, 0.05) is 13.1 Å². The maximum atomic E-state index is 13.6. The third-order valence-corrected chi connectivity index (χ3v) is 5.29. The summed E-state index contributed by atoms with van der Waals surface area (Å²) >= 11 is 0. The van der Waals surface area contributed by atoms with Gasteiger partial charge in [0.1, 0.15) is 18.2 Å². The number of amides is 3. The van der Waals surface area contributed by atoms with Gasteiger partial charge in [-0.25, -0.2) is 4.79 Å². The molecule has 2 aromatic rings. The lowest BCUT2D eigenvalue weighted by atomic mass is 9.98. The van der Waals surface area contributed by atoms with Crippen molar-refractivity contribution in [2.24, 2.45) is 0 Å². The van der Waals surface area contributed by atoms with E-state index in [9.17, 15) is 14.4 Å². The van der Waals surface area contributed by atoms with Crippen LogP contribution in [0, 0.1) is 13.8 Å². The third kappa shape index (κ3) is 9.43. The van der Waals surface area contributed by atoms with Crippen molar-refractivity contribution in [2.75, 3.05) is 13.1 Å². The van der Waals surface area contributed by atoms with Gasteiger partial charge >= 0.3 is 6.09 Å². The number of nitrogens with zero attached hydrogens (tertiary/aromatic N) is 1. The zero-order valence-corrected chi connectivity index (χ0v) is 21.8. The van der Waals surface area contributed by atoms with Crippen LogP contribution in [0.15, 0.2) is 48.5 Å². The molecule has 1 atom stereocenters. The quantitative estimate of drug-likeness (QED) is 0.510. The fraction of sp³-hybridized carbons (Fsp3) is 0.464. The predicted molar refractivity (Wildman–Crippen MR) is 138 cm³/mol. The van der Waals surface area contributed by atoms with E-state index in [2.05, 4.69) is 10.6 Å². The number of nitrogens with one attached hydrogen (secondary N) is 2. The molecule has 3 amide bonds. The van der Waals surface area contributed by atoms with Crippen LogP contribution in [-0.4, -0.2) is 41.5 Å². The summed E-state index contributed by atoms with van der Waals surface area (Å²) < 4.78 is 5.26. The lowest BCUT2D eigenvalue weighted by Crippen LogP contribution is -2.48. The second-order valence-electron chi connectivity index (χ2n) is 9.82. The molecule has 0 spiro atoms. The summed E-state index contributed by atoms with van der Waals surface area (Å²) in [7, 11) is 0. The van der Waals surface area contributed by atoms with Crippen molar-refractivity contribution < 1.29 is 19.1 Å². The Labute approximate surface area is 209 Å². The minimum atomic E-state index is -0.822. The Kier molecular flexibility index (Phi) is 10.3. The lowest BCUT2D eigenvalue weighted by molar-refractivity contribution is -0.140. The van der Waals surface area contributed by atoms with Crippen LogP contribution in [0.25, 0.3) is 0 Å². The molecule has 0 radical (unpaired) electrons. The summed E-state index contributed by atoms with van der Waals surface area (Å²) in [5, 5.41) is 5.54. The predicted octanol–water partition coefficient (Wildman–Crippen LogP) is 4.81. The number of carbonyl (C=O) groups excluding carboxylic acids is 3. The number of benzene rings is 2. The van der Waals surface area contributed by atoms with Gasteiger partial charge in [-0.15, -0.1) is 0 Å². The Bertz CT molecular complexity index is 979. The van der Waals surface area contributed by atoms with E-state index < -0.39 is 17.7 Å². The van der Waals surface area contributed by atoms with Crippen molar-refractivity contribution in [3.05, 3.63) is 70.8 Å². The Balaban J connectivity index is 2.32. The fourth-order valence-corrected chi connectivity index (χ4v) is 3.81. The van der Waals surface area contributed by atoms with E-state index in [0.717, 1.165) is 35.1 Å². The molecule has 0 aliphatic heterocycles. The maximum absolute atomic E-state index is 13.6. The first-order valence-corrected chi connectivity index (χ1v) is 12.2. The highest BCUT2D eigenvalue weighted by atomic mass is 16.6. The number of carbonyl (C=O) groups is 3. The Hall–Kier alpha value is -3.35. The van der Waals surface area contributed by atoms with Gasteiger partial charge in [0.05, 0.1) is 0 Å².